The number of aromatic nitrogens is 2. The Labute approximate surface area is 181 Å². The van der Waals surface area contributed by atoms with Crippen LogP contribution in [0.25, 0.3) is 33.3 Å². The van der Waals surface area contributed by atoms with Gasteiger partial charge in [-0.05, 0) is 90.9 Å². The van der Waals surface area contributed by atoms with Crippen molar-refractivity contribution in [2.75, 3.05) is 6.54 Å². The van der Waals surface area contributed by atoms with Crippen LogP contribution in [-0.2, 0) is 13.0 Å². The van der Waals surface area contributed by atoms with Crippen LogP contribution in [0.1, 0.15) is 38.2 Å². The van der Waals surface area contributed by atoms with Gasteiger partial charge in [-0.1, -0.05) is 12.1 Å². The third-order valence-corrected chi connectivity index (χ3v) is 6.64. The molecule has 0 aliphatic carbocycles. The van der Waals surface area contributed by atoms with Gasteiger partial charge in [0.1, 0.15) is 5.65 Å². The Morgan fingerprint density at radius 1 is 1.03 bits per heavy atom. The van der Waals surface area contributed by atoms with Crippen molar-refractivity contribution in [1.29, 1.82) is 0 Å². The second kappa shape index (κ2) is 7.36. The Hall–Kier alpha value is -3.44. The van der Waals surface area contributed by atoms with Gasteiger partial charge in [-0.25, -0.2) is 4.98 Å². The predicted molar refractivity (Wildman–Crippen MR) is 125 cm³/mol. The van der Waals surface area contributed by atoms with Crippen molar-refractivity contribution >= 4 is 16.9 Å². The van der Waals surface area contributed by atoms with Crippen LogP contribution in [0.5, 0.6) is 0 Å². The van der Waals surface area contributed by atoms with Crippen molar-refractivity contribution in [2.45, 2.75) is 33.7 Å². The first-order valence-electron chi connectivity index (χ1n) is 10.6. The molecule has 0 atom stereocenters. The van der Waals surface area contributed by atoms with Gasteiger partial charge >= 0.3 is 0 Å². The van der Waals surface area contributed by atoms with Crippen molar-refractivity contribution in [3.8, 4) is 22.3 Å². The van der Waals surface area contributed by atoms with Crippen LogP contribution in [0.4, 0.5) is 0 Å². The molecule has 5 rings (SSSR count). The van der Waals surface area contributed by atoms with Crippen molar-refractivity contribution < 1.29 is 4.79 Å². The number of hydrogen-bond acceptors (Lipinski definition) is 3. The molecule has 2 aromatic heterocycles. The number of aromatic amines is 1. The number of primary amides is 1. The highest BCUT2D eigenvalue weighted by Crippen LogP contribution is 2.35. The molecule has 0 spiro atoms. The fraction of sp³-hybridized carbons (Fsp3) is 0.231. The quantitative estimate of drug-likeness (QED) is 0.463. The van der Waals surface area contributed by atoms with Crippen molar-refractivity contribution in [2.24, 2.45) is 5.73 Å². The number of fused-ring (bicyclic) bond motifs is 2. The second-order valence-corrected chi connectivity index (χ2v) is 8.46. The fourth-order valence-corrected chi connectivity index (χ4v) is 4.77. The number of pyridine rings is 1. The van der Waals surface area contributed by atoms with Crippen LogP contribution >= 0.6 is 0 Å². The van der Waals surface area contributed by atoms with Gasteiger partial charge in [-0.3, -0.25) is 4.79 Å². The summed E-state index contributed by atoms with van der Waals surface area (Å²) in [6, 6.07) is 10.6. The van der Waals surface area contributed by atoms with Gasteiger partial charge in [-0.15, -0.1) is 0 Å². The molecule has 3 heterocycles. The molecule has 0 fully saturated rings. The van der Waals surface area contributed by atoms with Crippen LogP contribution < -0.4 is 11.1 Å². The summed E-state index contributed by atoms with van der Waals surface area (Å²) in [7, 11) is 0. The monoisotopic (exact) mass is 410 g/mol. The van der Waals surface area contributed by atoms with E-state index in [2.05, 4.69) is 35.4 Å². The van der Waals surface area contributed by atoms with Crippen molar-refractivity contribution in [1.82, 2.24) is 15.3 Å². The first-order valence-corrected chi connectivity index (χ1v) is 10.6. The Kier molecular flexibility index (Phi) is 4.63. The highest BCUT2D eigenvalue weighted by atomic mass is 16.1. The summed E-state index contributed by atoms with van der Waals surface area (Å²) in [6.07, 6.45) is 5.02. The fourth-order valence-electron chi connectivity index (χ4n) is 4.77. The average Bonchev–Trinajstić information content (AvgIpc) is 3.18. The van der Waals surface area contributed by atoms with Gasteiger partial charge in [0.2, 0.25) is 5.91 Å². The number of nitrogens with two attached hydrogens (primary N) is 1. The molecular formula is C26H26N4O. The lowest BCUT2D eigenvalue weighted by Gasteiger charge is -2.20. The minimum absolute atomic E-state index is 0.396. The summed E-state index contributed by atoms with van der Waals surface area (Å²) in [5.74, 6) is -0.396. The molecule has 5 heteroatoms. The zero-order valence-electron chi connectivity index (χ0n) is 18.1. The summed E-state index contributed by atoms with van der Waals surface area (Å²) >= 11 is 0. The second-order valence-electron chi connectivity index (χ2n) is 8.46. The molecule has 0 saturated heterocycles. The maximum Gasteiger partial charge on any atom is 0.248 e. The van der Waals surface area contributed by atoms with E-state index in [1.165, 1.54) is 22.3 Å². The summed E-state index contributed by atoms with van der Waals surface area (Å²) in [4.78, 5) is 19.7. The molecular weight excluding hydrogens is 384 g/mol. The first-order chi connectivity index (χ1) is 14.9. The van der Waals surface area contributed by atoms with Gasteiger partial charge in [0.05, 0.1) is 0 Å². The summed E-state index contributed by atoms with van der Waals surface area (Å²) in [5.41, 5.74) is 17.6. The van der Waals surface area contributed by atoms with E-state index in [1.54, 1.807) is 0 Å². The van der Waals surface area contributed by atoms with E-state index in [-0.39, 0.29) is 0 Å². The van der Waals surface area contributed by atoms with Gasteiger partial charge in [0, 0.05) is 41.0 Å². The highest BCUT2D eigenvalue weighted by molar-refractivity contribution is 5.99. The third-order valence-electron chi connectivity index (χ3n) is 6.64. The molecule has 0 saturated carbocycles. The molecule has 0 radical (unpaired) electrons. The zero-order chi connectivity index (χ0) is 21.7. The third kappa shape index (κ3) is 3.22. The summed E-state index contributed by atoms with van der Waals surface area (Å²) < 4.78 is 0. The van der Waals surface area contributed by atoms with Crippen LogP contribution in [0.2, 0.25) is 0 Å². The van der Waals surface area contributed by atoms with E-state index in [0.717, 1.165) is 58.4 Å². The molecule has 1 aliphatic rings. The maximum absolute atomic E-state index is 11.7. The number of nitrogens with one attached hydrogen (secondary N) is 2. The molecule has 4 aromatic rings. The van der Waals surface area contributed by atoms with Gasteiger partial charge in [-0.2, -0.15) is 0 Å². The van der Waals surface area contributed by atoms with Crippen LogP contribution in [0.15, 0.2) is 42.7 Å². The van der Waals surface area contributed by atoms with Gasteiger partial charge < -0.3 is 16.0 Å². The molecule has 156 valence electrons. The molecule has 5 nitrogen and oxygen atoms in total. The minimum Gasteiger partial charge on any atom is -0.366 e. The molecule has 1 amide bonds. The topological polar surface area (TPSA) is 83.8 Å². The van der Waals surface area contributed by atoms with E-state index in [4.69, 9.17) is 10.7 Å². The number of carbonyl (C=O) groups excluding carboxylic acids is 1. The number of aryl methyl sites for hydroxylation is 1. The minimum atomic E-state index is -0.396. The van der Waals surface area contributed by atoms with E-state index in [9.17, 15) is 4.79 Å². The number of carbonyl (C=O) groups is 1. The zero-order valence-corrected chi connectivity index (χ0v) is 18.1. The largest absolute Gasteiger partial charge is 0.366 e. The number of H-pyrrole nitrogens is 1. The molecule has 1 aliphatic heterocycles. The average molecular weight is 411 g/mol. The van der Waals surface area contributed by atoms with Crippen LogP contribution in [0, 0.1) is 20.8 Å². The normalized spacial score (nSPS) is 13.4. The number of benzene rings is 2. The van der Waals surface area contributed by atoms with E-state index in [0.29, 0.717) is 5.56 Å². The lowest BCUT2D eigenvalue weighted by molar-refractivity contribution is 0.0999. The SMILES string of the molecule is Cc1cc(-c2cnc3[nH]cc(-c4ccc(C(N)=O)c(C)c4C)c3c2)cc2c1CCNC2. The number of amides is 1. The Morgan fingerprint density at radius 2 is 1.87 bits per heavy atom. The Morgan fingerprint density at radius 3 is 2.68 bits per heavy atom. The highest BCUT2D eigenvalue weighted by Gasteiger charge is 2.17. The molecule has 0 unspecified atom stereocenters. The van der Waals surface area contributed by atoms with E-state index in [1.807, 2.05) is 38.4 Å². The number of rotatable bonds is 3. The van der Waals surface area contributed by atoms with Gasteiger partial charge in [0.25, 0.3) is 0 Å². The predicted octanol–water partition coefficient (Wildman–Crippen LogP) is 4.57. The summed E-state index contributed by atoms with van der Waals surface area (Å²) in [5, 5.41) is 4.54. The molecule has 4 N–H and O–H groups in total. The summed E-state index contributed by atoms with van der Waals surface area (Å²) in [6.45, 7) is 8.14. The smallest absolute Gasteiger partial charge is 0.248 e. The molecule has 31 heavy (non-hydrogen) atoms. The van der Waals surface area contributed by atoms with Gasteiger partial charge in [0.15, 0.2) is 0 Å². The molecule has 0 bridgehead atoms. The van der Waals surface area contributed by atoms with E-state index >= 15 is 0 Å². The number of nitrogens with zero attached hydrogens (tertiary/aromatic N) is 1. The first kappa shape index (κ1) is 19.5. The van der Waals surface area contributed by atoms with Crippen LogP contribution in [-0.4, -0.2) is 22.4 Å². The van der Waals surface area contributed by atoms with Crippen LogP contribution in [0.3, 0.4) is 0 Å². The molecule has 2 aromatic carbocycles. The Bertz CT molecular complexity index is 1350. The van der Waals surface area contributed by atoms with Crippen molar-refractivity contribution in [3.63, 3.8) is 0 Å². The lowest BCUT2D eigenvalue weighted by atomic mass is 9.91. The Balaban J connectivity index is 1.64. The maximum atomic E-state index is 11.7. The van der Waals surface area contributed by atoms with Crippen molar-refractivity contribution in [3.05, 3.63) is 76.1 Å². The number of hydrogen-bond donors (Lipinski definition) is 3. The lowest BCUT2D eigenvalue weighted by Crippen LogP contribution is -2.24. The standard InChI is InChI=1S/C26H26N4O/c1-14-8-17(9-19-11-28-7-6-20(14)19)18-10-23-24(13-30-26(23)29-12-18)21-4-5-22(25(27)31)16(3)15(21)2/h4-5,8-10,12-13,28H,6-7,11H2,1-3H3,(H2,27,31)(H,29,30). The van der Waals surface area contributed by atoms with E-state index < -0.39 is 5.91 Å².